The summed E-state index contributed by atoms with van der Waals surface area (Å²) >= 11 is 1.48. The Morgan fingerprint density at radius 2 is 2.19 bits per heavy atom. The van der Waals surface area contributed by atoms with Crippen molar-refractivity contribution in [1.29, 1.82) is 0 Å². The van der Waals surface area contributed by atoms with Crippen LogP contribution < -0.4 is 0 Å². The number of aliphatic hydroxyl groups excluding tert-OH is 1. The fraction of sp³-hybridized carbons (Fsp3) is 0.875. The van der Waals surface area contributed by atoms with Crippen LogP contribution in [0.1, 0.15) is 0 Å². The first-order valence-corrected chi connectivity index (χ1v) is 5.95. The molecule has 8 heteroatoms. The van der Waals surface area contributed by atoms with Gasteiger partial charge in [-0.2, -0.15) is 24.9 Å². The third-order valence-corrected chi connectivity index (χ3v) is 2.96. The number of hydrogen-bond acceptors (Lipinski definition) is 5. The minimum absolute atomic E-state index is 0.0763. The summed E-state index contributed by atoms with van der Waals surface area (Å²) in [5.41, 5.74) is 0. The predicted octanol–water partition coefficient (Wildman–Crippen LogP) is 0.663. The summed E-state index contributed by atoms with van der Waals surface area (Å²) < 4.78 is 35.6. The van der Waals surface area contributed by atoms with E-state index in [2.05, 4.69) is 4.84 Å². The molecule has 1 aliphatic rings. The van der Waals surface area contributed by atoms with Gasteiger partial charge in [0.25, 0.3) is 0 Å². The first kappa shape index (κ1) is 13.6. The molecule has 0 aromatic carbocycles. The Balaban J connectivity index is 2.44. The first-order chi connectivity index (χ1) is 7.34. The van der Waals surface area contributed by atoms with Gasteiger partial charge in [-0.3, -0.25) is 0 Å². The standard InChI is InChI=1S/C8H12F3NO3S/c1-16-4-5-2-12(3-6(5)13)15-7(14)8(9,10)11/h5-6,13H,2-4H2,1H3. The van der Waals surface area contributed by atoms with Gasteiger partial charge in [0.05, 0.1) is 12.6 Å². The van der Waals surface area contributed by atoms with Gasteiger partial charge in [0.2, 0.25) is 0 Å². The van der Waals surface area contributed by atoms with Crippen molar-refractivity contribution in [2.45, 2.75) is 12.3 Å². The minimum Gasteiger partial charge on any atom is -0.391 e. The highest BCUT2D eigenvalue weighted by atomic mass is 32.2. The Hall–Kier alpha value is -0.470. The second kappa shape index (κ2) is 5.24. The molecular formula is C8H12F3NO3S. The molecule has 0 aromatic rings. The van der Waals surface area contributed by atoms with Crippen LogP contribution in [-0.2, 0) is 9.63 Å². The molecule has 16 heavy (non-hydrogen) atoms. The van der Waals surface area contributed by atoms with E-state index < -0.39 is 18.2 Å². The van der Waals surface area contributed by atoms with E-state index in [0.717, 1.165) is 5.06 Å². The van der Waals surface area contributed by atoms with Crippen molar-refractivity contribution in [3.05, 3.63) is 0 Å². The van der Waals surface area contributed by atoms with E-state index in [1.54, 1.807) is 0 Å². The maximum atomic E-state index is 11.9. The van der Waals surface area contributed by atoms with Gasteiger partial charge < -0.3 is 9.94 Å². The number of hydroxylamine groups is 2. The average molecular weight is 259 g/mol. The molecule has 1 aliphatic heterocycles. The Bertz CT molecular complexity index is 261. The van der Waals surface area contributed by atoms with Gasteiger partial charge in [0, 0.05) is 12.5 Å². The van der Waals surface area contributed by atoms with E-state index in [9.17, 15) is 23.1 Å². The molecular weight excluding hydrogens is 247 g/mol. The fourth-order valence-corrected chi connectivity index (χ4v) is 2.19. The van der Waals surface area contributed by atoms with Gasteiger partial charge in [0.1, 0.15) is 0 Å². The van der Waals surface area contributed by atoms with Crippen LogP contribution in [0.15, 0.2) is 0 Å². The smallest absolute Gasteiger partial charge is 0.391 e. The number of aliphatic hydroxyl groups is 1. The molecule has 0 radical (unpaired) electrons. The van der Waals surface area contributed by atoms with Crippen LogP contribution in [0.4, 0.5) is 13.2 Å². The van der Waals surface area contributed by atoms with Crippen LogP contribution in [0.25, 0.3) is 0 Å². The molecule has 2 unspecified atom stereocenters. The second-order valence-corrected chi connectivity index (χ2v) is 4.42. The highest BCUT2D eigenvalue weighted by Crippen LogP contribution is 2.23. The van der Waals surface area contributed by atoms with Crippen molar-refractivity contribution in [1.82, 2.24) is 5.06 Å². The lowest BCUT2D eigenvalue weighted by Gasteiger charge is -2.15. The average Bonchev–Trinajstić information content (AvgIpc) is 2.46. The molecule has 0 aliphatic carbocycles. The van der Waals surface area contributed by atoms with Crippen LogP contribution >= 0.6 is 11.8 Å². The molecule has 1 heterocycles. The summed E-state index contributed by atoms with van der Waals surface area (Å²) in [6.45, 7) is 0.0525. The lowest BCUT2D eigenvalue weighted by Crippen LogP contribution is -2.34. The number of alkyl halides is 3. The molecule has 0 aromatic heterocycles. The maximum Gasteiger partial charge on any atom is 0.492 e. The molecule has 94 valence electrons. The predicted molar refractivity (Wildman–Crippen MR) is 51.6 cm³/mol. The molecule has 4 nitrogen and oxygen atoms in total. The lowest BCUT2D eigenvalue weighted by molar-refractivity contribution is -0.235. The fourth-order valence-electron chi connectivity index (χ4n) is 1.44. The van der Waals surface area contributed by atoms with E-state index in [1.807, 2.05) is 6.26 Å². The lowest BCUT2D eigenvalue weighted by atomic mass is 10.1. The number of nitrogens with zero attached hydrogens (tertiary/aromatic N) is 1. The van der Waals surface area contributed by atoms with Crippen LogP contribution in [0.5, 0.6) is 0 Å². The molecule has 0 saturated carbocycles. The third-order valence-electron chi connectivity index (χ3n) is 2.20. The van der Waals surface area contributed by atoms with Gasteiger partial charge in [-0.05, 0) is 12.0 Å². The Morgan fingerprint density at radius 1 is 1.56 bits per heavy atom. The first-order valence-electron chi connectivity index (χ1n) is 4.55. The monoisotopic (exact) mass is 259 g/mol. The van der Waals surface area contributed by atoms with Crippen LogP contribution in [0.3, 0.4) is 0 Å². The minimum atomic E-state index is -5.00. The number of halogens is 3. The summed E-state index contributed by atoms with van der Waals surface area (Å²) in [4.78, 5) is 14.6. The van der Waals surface area contributed by atoms with Gasteiger partial charge in [-0.25, -0.2) is 4.79 Å². The molecule has 0 bridgehead atoms. The summed E-state index contributed by atoms with van der Waals surface area (Å²) in [5.74, 6) is -1.80. The Kier molecular flexibility index (Phi) is 4.45. The van der Waals surface area contributed by atoms with E-state index in [0.29, 0.717) is 5.75 Å². The van der Waals surface area contributed by atoms with E-state index in [1.165, 1.54) is 11.8 Å². The highest BCUT2D eigenvalue weighted by molar-refractivity contribution is 7.98. The van der Waals surface area contributed by atoms with Gasteiger partial charge >= 0.3 is 12.1 Å². The largest absolute Gasteiger partial charge is 0.492 e. The van der Waals surface area contributed by atoms with Crippen molar-refractivity contribution < 1.29 is 27.9 Å². The molecule has 0 spiro atoms. The molecule has 1 N–H and O–H groups in total. The highest BCUT2D eigenvalue weighted by Gasteiger charge is 2.44. The van der Waals surface area contributed by atoms with Crippen molar-refractivity contribution in [3.63, 3.8) is 0 Å². The summed E-state index contributed by atoms with van der Waals surface area (Å²) in [5, 5.41) is 10.3. The number of thioether (sulfide) groups is 1. The summed E-state index contributed by atoms with van der Waals surface area (Å²) in [6.07, 6.45) is -3.92. The molecule has 0 amide bonds. The molecule has 1 rings (SSSR count). The number of carbonyl (C=O) groups is 1. The Morgan fingerprint density at radius 3 is 2.69 bits per heavy atom. The van der Waals surface area contributed by atoms with Crippen LogP contribution in [0.2, 0.25) is 0 Å². The topological polar surface area (TPSA) is 49.8 Å². The van der Waals surface area contributed by atoms with Crippen molar-refractivity contribution >= 4 is 17.7 Å². The number of rotatable bonds is 3. The van der Waals surface area contributed by atoms with Crippen LogP contribution in [0, 0.1) is 5.92 Å². The quantitative estimate of drug-likeness (QED) is 0.807. The molecule has 2 atom stereocenters. The zero-order valence-corrected chi connectivity index (χ0v) is 9.35. The number of carbonyl (C=O) groups excluding carboxylic acids is 1. The van der Waals surface area contributed by atoms with Gasteiger partial charge in [-0.1, -0.05) is 0 Å². The number of β-amino-alcohol motifs (C(OH)–C–C–N with tert-alkyl or cyclic N) is 1. The Labute approximate surface area is 94.7 Å². The zero-order chi connectivity index (χ0) is 12.3. The third kappa shape index (κ3) is 3.53. The van der Waals surface area contributed by atoms with E-state index in [4.69, 9.17) is 0 Å². The van der Waals surface area contributed by atoms with Crippen LogP contribution in [-0.4, -0.2) is 53.5 Å². The van der Waals surface area contributed by atoms with Gasteiger partial charge in [0.15, 0.2) is 0 Å². The summed E-state index contributed by atoms with van der Waals surface area (Å²) in [6, 6.07) is 0. The van der Waals surface area contributed by atoms with Gasteiger partial charge in [-0.15, -0.1) is 5.06 Å². The zero-order valence-electron chi connectivity index (χ0n) is 8.53. The van der Waals surface area contributed by atoms with E-state index in [-0.39, 0.29) is 19.0 Å². The van der Waals surface area contributed by atoms with Crippen molar-refractivity contribution in [3.8, 4) is 0 Å². The molecule has 1 saturated heterocycles. The van der Waals surface area contributed by atoms with E-state index >= 15 is 0 Å². The van der Waals surface area contributed by atoms with Crippen molar-refractivity contribution in [2.24, 2.45) is 5.92 Å². The SMILES string of the molecule is CSCC1CN(OC(=O)C(F)(F)F)CC1O. The molecule has 1 fully saturated rings. The number of hydrogen-bond donors (Lipinski definition) is 1. The second-order valence-electron chi connectivity index (χ2n) is 3.51. The maximum absolute atomic E-state index is 11.9. The normalized spacial score (nSPS) is 27.1. The van der Waals surface area contributed by atoms with Crippen molar-refractivity contribution in [2.75, 3.05) is 25.1 Å². The summed E-state index contributed by atoms with van der Waals surface area (Å²) in [7, 11) is 0.